The number of esters is 2. The summed E-state index contributed by atoms with van der Waals surface area (Å²) >= 11 is 1.38. The molecule has 0 aliphatic heterocycles. The number of methoxy groups -OCH3 is 2. The normalized spacial score (nSPS) is 12.0. The summed E-state index contributed by atoms with van der Waals surface area (Å²) in [6.45, 7) is 3.46. The Bertz CT molecular complexity index is 438. The monoisotopic (exact) mass is 272 g/mol. The molecule has 6 heteroatoms. The first kappa shape index (κ1) is 14.6. The van der Waals surface area contributed by atoms with Crippen molar-refractivity contribution in [3.05, 3.63) is 23.2 Å². The van der Waals surface area contributed by atoms with Crippen molar-refractivity contribution in [2.24, 2.45) is 0 Å². The molecule has 1 unspecified atom stereocenters. The van der Waals surface area contributed by atoms with Gasteiger partial charge in [-0.2, -0.15) is 0 Å². The van der Waals surface area contributed by atoms with E-state index in [4.69, 9.17) is 4.42 Å². The summed E-state index contributed by atoms with van der Waals surface area (Å²) in [5, 5.41) is -0.276. The van der Waals surface area contributed by atoms with Crippen molar-refractivity contribution in [2.45, 2.75) is 24.9 Å². The van der Waals surface area contributed by atoms with Crippen LogP contribution >= 0.6 is 11.8 Å². The van der Waals surface area contributed by atoms with Gasteiger partial charge in [0.25, 0.3) is 0 Å². The Hall–Kier alpha value is -1.43. The van der Waals surface area contributed by atoms with E-state index in [-0.39, 0.29) is 11.2 Å². The van der Waals surface area contributed by atoms with Gasteiger partial charge >= 0.3 is 11.9 Å². The van der Waals surface area contributed by atoms with Gasteiger partial charge in [-0.3, -0.25) is 4.79 Å². The number of ether oxygens (including phenoxy) is 2. The molecule has 0 N–H and O–H groups in total. The van der Waals surface area contributed by atoms with Gasteiger partial charge in [-0.15, -0.1) is 11.8 Å². The lowest BCUT2D eigenvalue weighted by Gasteiger charge is -2.06. The van der Waals surface area contributed by atoms with E-state index in [9.17, 15) is 9.59 Å². The fourth-order valence-electron chi connectivity index (χ4n) is 1.37. The van der Waals surface area contributed by atoms with E-state index in [1.54, 1.807) is 19.9 Å². The number of hydrogen-bond acceptors (Lipinski definition) is 6. The Morgan fingerprint density at radius 3 is 2.61 bits per heavy atom. The molecular formula is C12H16O5S. The van der Waals surface area contributed by atoms with Crippen LogP contribution in [0.2, 0.25) is 0 Å². The van der Waals surface area contributed by atoms with Gasteiger partial charge in [0.15, 0.2) is 0 Å². The highest BCUT2D eigenvalue weighted by molar-refractivity contribution is 7.99. The van der Waals surface area contributed by atoms with Crippen molar-refractivity contribution in [1.29, 1.82) is 0 Å². The first-order valence-corrected chi connectivity index (χ1v) is 6.41. The van der Waals surface area contributed by atoms with Crippen LogP contribution in [0.25, 0.3) is 0 Å². The van der Waals surface area contributed by atoms with Gasteiger partial charge in [0.05, 0.1) is 20.0 Å². The van der Waals surface area contributed by atoms with E-state index >= 15 is 0 Å². The van der Waals surface area contributed by atoms with Crippen molar-refractivity contribution in [3.8, 4) is 0 Å². The summed E-state index contributed by atoms with van der Waals surface area (Å²) in [6, 6.07) is 1.64. The average molecular weight is 272 g/mol. The number of carbonyl (C=O) groups excluding carboxylic acids is 2. The fraction of sp³-hybridized carbons (Fsp3) is 0.500. The van der Waals surface area contributed by atoms with Gasteiger partial charge in [0, 0.05) is 0 Å². The number of carbonyl (C=O) groups is 2. The smallest absolute Gasteiger partial charge is 0.341 e. The van der Waals surface area contributed by atoms with E-state index in [2.05, 4.69) is 9.47 Å². The third-order valence-corrected chi connectivity index (χ3v) is 3.53. The lowest BCUT2D eigenvalue weighted by molar-refractivity contribution is -0.139. The predicted octanol–water partition coefficient (Wildman–Crippen LogP) is 2.17. The second kappa shape index (κ2) is 6.49. The van der Waals surface area contributed by atoms with Crippen molar-refractivity contribution < 1.29 is 23.5 Å². The molecule has 0 aliphatic rings. The molecule has 1 aromatic heterocycles. The number of rotatable bonds is 5. The summed E-state index contributed by atoms with van der Waals surface area (Å²) in [7, 11) is 2.67. The van der Waals surface area contributed by atoms with Gasteiger partial charge in [-0.1, -0.05) is 0 Å². The third-order valence-electron chi connectivity index (χ3n) is 2.38. The largest absolute Gasteiger partial charge is 0.468 e. The number of furan rings is 1. The molecule has 0 bridgehead atoms. The minimum atomic E-state index is -0.423. The molecule has 0 spiro atoms. The Labute approximate surface area is 110 Å². The zero-order valence-corrected chi connectivity index (χ0v) is 11.6. The molecule has 0 aromatic carbocycles. The first-order valence-electron chi connectivity index (χ1n) is 5.36. The van der Waals surface area contributed by atoms with Crippen molar-refractivity contribution >= 4 is 23.7 Å². The van der Waals surface area contributed by atoms with Crippen LogP contribution in [0.5, 0.6) is 0 Å². The Kier molecular flexibility index (Phi) is 5.27. The van der Waals surface area contributed by atoms with Gasteiger partial charge in [-0.25, -0.2) is 4.79 Å². The van der Waals surface area contributed by atoms with E-state index in [0.29, 0.717) is 22.8 Å². The standard InChI is InChI=1S/C12H16O5S/c1-7-10(12(14)16-4)5-9(17-7)6-18-8(2)11(13)15-3/h5,8H,6H2,1-4H3. The summed E-state index contributed by atoms with van der Waals surface area (Å²) in [5.41, 5.74) is 0.416. The molecule has 0 saturated carbocycles. The van der Waals surface area contributed by atoms with Crippen LogP contribution in [0, 0.1) is 6.92 Å². The molecule has 1 heterocycles. The van der Waals surface area contributed by atoms with Crippen molar-refractivity contribution in [2.75, 3.05) is 14.2 Å². The Morgan fingerprint density at radius 2 is 2.06 bits per heavy atom. The molecular weight excluding hydrogens is 256 g/mol. The second-order valence-electron chi connectivity index (χ2n) is 3.65. The van der Waals surface area contributed by atoms with Crippen LogP contribution in [0.1, 0.15) is 28.8 Å². The van der Waals surface area contributed by atoms with Gasteiger partial charge in [0.1, 0.15) is 22.3 Å². The molecule has 0 fully saturated rings. The highest BCUT2D eigenvalue weighted by Crippen LogP contribution is 2.23. The maximum atomic E-state index is 11.4. The molecule has 0 saturated heterocycles. The SMILES string of the molecule is COC(=O)c1cc(CSC(C)C(=O)OC)oc1C. The topological polar surface area (TPSA) is 65.7 Å². The van der Waals surface area contributed by atoms with E-state index < -0.39 is 5.97 Å². The van der Waals surface area contributed by atoms with Gasteiger partial charge in [0.2, 0.25) is 0 Å². The van der Waals surface area contributed by atoms with E-state index in [0.717, 1.165) is 0 Å². The highest BCUT2D eigenvalue weighted by Gasteiger charge is 2.18. The van der Waals surface area contributed by atoms with Crippen LogP contribution in [0.3, 0.4) is 0 Å². The quantitative estimate of drug-likeness (QED) is 0.765. The zero-order valence-electron chi connectivity index (χ0n) is 10.8. The molecule has 18 heavy (non-hydrogen) atoms. The second-order valence-corrected chi connectivity index (χ2v) is 4.98. The first-order chi connectivity index (χ1) is 8.49. The van der Waals surface area contributed by atoms with E-state index in [1.807, 2.05) is 0 Å². The molecule has 1 atom stereocenters. The summed E-state index contributed by atoms with van der Waals surface area (Å²) < 4.78 is 14.7. The molecule has 0 amide bonds. The predicted molar refractivity (Wildman–Crippen MR) is 67.6 cm³/mol. The molecule has 5 nitrogen and oxygen atoms in total. The molecule has 1 aromatic rings. The minimum absolute atomic E-state index is 0.276. The minimum Gasteiger partial charge on any atom is -0.468 e. The number of aryl methyl sites for hydroxylation is 1. The van der Waals surface area contributed by atoms with Crippen LogP contribution in [0.4, 0.5) is 0 Å². The van der Waals surface area contributed by atoms with Gasteiger partial charge in [-0.05, 0) is 19.9 Å². The molecule has 0 aliphatic carbocycles. The number of hydrogen-bond donors (Lipinski definition) is 0. The summed E-state index contributed by atoms with van der Waals surface area (Å²) in [5.74, 6) is 0.940. The number of thioether (sulfide) groups is 1. The van der Waals surface area contributed by atoms with Crippen LogP contribution in [0.15, 0.2) is 10.5 Å². The van der Waals surface area contributed by atoms with Crippen LogP contribution < -0.4 is 0 Å². The summed E-state index contributed by atoms with van der Waals surface area (Å²) in [6.07, 6.45) is 0. The lowest BCUT2D eigenvalue weighted by Crippen LogP contribution is -2.14. The third kappa shape index (κ3) is 3.53. The van der Waals surface area contributed by atoms with Crippen LogP contribution in [-0.2, 0) is 20.0 Å². The average Bonchev–Trinajstić information content (AvgIpc) is 2.75. The van der Waals surface area contributed by atoms with Crippen LogP contribution in [-0.4, -0.2) is 31.4 Å². The maximum absolute atomic E-state index is 11.4. The molecule has 0 radical (unpaired) electrons. The maximum Gasteiger partial charge on any atom is 0.341 e. The Morgan fingerprint density at radius 1 is 1.39 bits per heavy atom. The van der Waals surface area contributed by atoms with E-state index in [1.165, 1.54) is 26.0 Å². The highest BCUT2D eigenvalue weighted by atomic mass is 32.2. The fourth-order valence-corrected chi connectivity index (χ4v) is 2.16. The molecule has 100 valence electrons. The van der Waals surface area contributed by atoms with Gasteiger partial charge < -0.3 is 13.9 Å². The van der Waals surface area contributed by atoms with Crippen molar-refractivity contribution in [3.63, 3.8) is 0 Å². The Balaban J connectivity index is 2.64. The van der Waals surface area contributed by atoms with Crippen molar-refractivity contribution in [1.82, 2.24) is 0 Å². The lowest BCUT2D eigenvalue weighted by atomic mass is 10.2. The zero-order chi connectivity index (χ0) is 13.7. The molecule has 1 rings (SSSR count). The summed E-state index contributed by atoms with van der Waals surface area (Å²) in [4.78, 5) is 22.6.